The number of carbonyl (C=O) groups is 1. The average Bonchev–Trinajstić information content (AvgIpc) is 3.60. The van der Waals surface area contributed by atoms with Crippen LogP contribution in [0.5, 0.6) is 5.75 Å². The molecule has 148 valence electrons. The third kappa shape index (κ3) is 4.43. The van der Waals surface area contributed by atoms with Gasteiger partial charge in [-0.05, 0) is 55.7 Å². The molecule has 0 spiro atoms. The highest BCUT2D eigenvalue weighted by atomic mass is 16.5. The van der Waals surface area contributed by atoms with Crippen LogP contribution in [0.15, 0.2) is 36.4 Å². The minimum Gasteiger partial charge on any atom is -0.494 e. The molecule has 1 aromatic heterocycles. The van der Waals surface area contributed by atoms with Gasteiger partial charge in [0.1, 0.15) is 5.75 Å². The number of unbranched alkanes of at least 4 members (excludes halogenated alkanes) is 1. The van der Waals surface area contributed by atoms with Gasteiger partial charge in [-0.2, -0.15) is 5.10 Å². The maximum Gasteiger partial charge on any atom is 0.253 e. The monoisotopic (exact) mass is 380 g/mol. The topological polar surface area (TPSA) is 58.6 Å². The molecule has 1 amide bonds. The van der Waals surface area contributed by atoms with Gasteiger partial charge in [0.25, 0.3) is 5.91 Å². The quantitative estimate of drug-likeness (QED) is 0.688. The Hall–Kier alpha value is -2.63. The van der Waals surface area contributed by atoms with Crippen molar-refractivity contribution >= 4 is 11.7 Å². The van der Waals surface area contributed by atoms with Crippen LogP contribution in [-0.4, -0.2) is 53.8 Å². The minimum absolute atomic E-state index is 0.0786. The predicted molar refractivity (Wildman–Crippen MR) is 109 cm³/mol. The Morgan fingerprint density at radius 1 is 1.04 bits per heavy atom. The Morgan fingerprint density at radius 3 is 2.39 bits per heavy atom. The van der Waals surface area contributed by atoms with Crippen LogP contribution in [0, 0.1) is 0 Å². The zero-order chi connectivity index (χ0) is 19.3. The fraction of sp³-hybridized carbons (Fsp3) is 0.500. The molecule has 1 aliphatic carbocycles. The molecule has 1 aliphatic heterocycles. The second-order valence-corrected chi connectivity index (χ2v) is 7.60. The van der Waals surface area contributed by atoms with E-state index in [4.69, 9.17) is 4.74 Å². The van der Waals surface area contributed by atoms with Crippen molar-refractivity contribution in [3.8, 4) is 5.75 Å². The zero-order valence-electron chi connectivity index (χ0n) is 16.5. The van der Waals surface area contributed by atoms with Gasteiger partial charge in [0.05, 0.1) is 12.3 Å². The average molecular weight is 380 g/mol. The van der Waals surface area contributed by atoms with E-state index in [0.29, 0.717) is 24.6 Å². The van der Waals surface area contributed by atoms with E-state index in [-0.39, 0.29) is 5.91 Å². The lowest BCUT2D eigenvalue weighted by atomic mass is 10.1. The maximum absolute atomic E-state index is 12.8. The summed E-state index contributed by atoms with van der Waals surface area (Å²) in [5.74, 6) is 2.43. The molecule has 28 heavy (non-hydrogen) atoms. The highest BCUT2D eigenvalue weighted by Gasteiger charge is 2.26. The number of benzene rings is 1. The first-order valence-corrected chi connectivity index (χ1v) is 10.4. The Bertz CT molecular complexity index is 779. The third-order valence-corrected chi connectivity index (χ3v) is 5.43. The summed E-state index contributed by atoms with van der Waals surface area (Å²) in [6, 6.07) is 11.7. The molecule has 0 unspecified atom stereocenters. The predicted octanol–water partition coefficient (Wildman–Crippen LogP) is 3.50. The van der Waals surface area contributed by atoms with Gasteiger partial charge in [-0.15, -0.1) is 5.10 Å². The zero-order valence-corrected chi connectivity index (χ0v) is 16.5. The second-order valence-electron chi connectivity index (χ2n) is 7.60. The number of piperazine rings is 1. The SMILES string of the molecule is CCCCOc1ccc(C(=O)N2CCN(c3ccc(C4CC4)nn3)CC2)cc1. The molecule has 1 aromatic carbocycles. The molecular weight excluding hydrogens is 352 g/mol. The fourth-order valence-corrected chi connectivity index (χ4v) is 3.45. The molecule has 0 N–H and O–H groups in total. The van der Waals surface area contributed by atoms with Crippen LogP contribution in [0.4, 0.5) is 5.82 Å². The van der Waals surface area contributed by atoms with Gasteiger partial charge < -0.3 is 14.5 Å². The van der Waals surface area contributed by atoms with Crippen LogP contribution < -0.4 is 9.64 Å². The van der Waals surface area contributed by atoms with Gasteiger partial charge >= 0.3 is 0 Å². The number of aromatic nitrogens is 2. The summed E-state index contributed by atoms with van der Waals surface area (Å²) in [4.78, 5) is 16.9. The number of anilines is 1. The van der Waals surface area contributed by atoms with Crippen LogP contribution in [0.25, 0.3) is 0 Å². The maximum atomic E-state index is 12.8. The van der Waals surface area contributed by atoms with E-state index in [1.165, 1.54) is 12.8 Å². The van der Waals surface area contributed by atoms with Crippen molar-refractivity contribution in [2.75, 3.05) is 37.7 Å². The first kappa shape index (κ1) is 18.7. The van der Waals surface area contributed by atoms with E-state index < -0.39 is 0 Å². The van der Waals surface area contributed by atoms with E-state index in [1.54, 1.807) is 0 Å². The molecule has 2 fully saturated rings. The van der Waals surface area contributed by atoms with Crippen molar-refractivity contribution in [1.29, 1.82) is 0 Å². The molecule has 2 aromatic rings. The molecule has 6 nitrogen and oxygen atoms in total. The molecule has 6 heteroatoms. The molecule has 0 bridgehead atoms. The molecule has 0 radical (unpaired) electrons. The lowest BCUT2D eigenvalue weighted by Crippen LogP contribution is -2.49. The number of rotatable bonds is 7. The molecule has 4 rings (SSSR count). The molecule has 0 atom stereocenters. The van der Waals surface area contributed by atoms with Gasteiger partial charge in [-0.1, -0.05) is 13.3 Å². The summed E-state index contributed by atoms with van der Waals surface area (Å²) in [6.07, 6.45) is 4.62. The third-order valence-electron chi connectivity index (χ3n) is 5.43. The van der Waals surface area contributed by atoms with Crippen molar-refractivity contribution < 1.29 is 9.53 Å². The van der Waals surface area contributed by atoms with E-state index in [1.807, 2.05) is 29.2 Å². The number of hydrogen-bond acceptors (Lipinski definition) is 5. The normalized spacial score (nSPS) is 16.9. The van der Waals surface area contributed by atoms with Crippen LogP contribution in [0.3, 0.4) is 0 Å². The van der Waals surface area contributed by atoms with Crippen molar-refractivity contribution in [1.82, 2.24) is 15.1 Å². The van der Waals surface area contributed by atoms with Gasteiger partial charge in [-0.3, -0.25) is 4.79 Å². The van der Waals surface area contributed by atoms with Gasteiger partial charge in [0.2, 0.25) is 0 Å². The summed E-state index contributed by atoms with van der Waals surface area (Å²) < 4.78 is 5.67. The summed E-state index contributed by atoms with van der Waals surface area (Å²) >= 11 is 0. The van der Waals surface area contributed by atoms with Gasteiger partial charge in [0.15, 0.2) is 5.82 Å². The van der Waals surface area contributed by atoms with E-state index in [2.05, 4.69) is 34.2 Å². The number of nitrogens with zero attached hydrogens (tertiary/aromatic N) is 4. The van der Waals surface area contributed by atoms with Crippen LogP contribution in [0.1, 0.15) is 54.6 Å². The van der Waals surface area contributed by atoms with Crippen LogP contribution >= 0.6 is 0 Å². The Morgan fingerprint density at radius 2 is 1.79 bits per heavy atom. The second kappa shape index (κ2) is 8.59. The largest absolute Gasteiger partial charge is 0.494 e. The summed E-state index contributed by atoms with van der Waals surface area (Å²) in [5.41, 5.74) is 1.82. The van der Waals surface area contributed by atoms with Crippen LogP contribution in [-0.2, 0) is 0 Å². The Kier molecular flexibility index (Phi) is 5.74. The summed E-state index contributed by atoms with van der Waals surface area (Å²) in [6.45, 7) is 5.80. The number of ether oxygens (including phenoxy) is 1. The minimum atomic E-state index is 0.0786. The summed E-state index contributed by atoms with van der Waals surface area (Å²) in [5, 5.41) is 8.76. The summed E-state index contributed by atoms with van der Waals surface area (Å²) in [7, 11) is 0. The van der Waals surface area contributed by atoms with Gasteiger partial charge in [-0.25, -0.2) is 0 Å². The lowest BCUT2D eigenvalue weighted by molar-refractivity contribution is 0.0746. The molecular formula is C22H28N4O2. The lowest BCUT2D eigenvalue weighted by Gasteiger charge is -2.35. The first-order chi connectivity index (χ1) is 13.7. The van der Waals surface area contributed by atoms with Crippen LogP contribution in [0.2, 0.25) is 0 Å². The van der Waals surface area contributed by atoms with Crippen molar-refractivity contribution in [3.05, 3.63) is 47.7 Å². The van der Waals surface area contributed by atoms with Crippen molar-refractivity contribution in [3.63, 3.8) is 0 Å². The number of amides is 1. The number of hydrogen-bond donors (Lipinski definition) is 0. The first-order valence-electron chi connectivity index (χ1n) is 10.4. The fourth-order valence-electron chi connectivity index (χ4n) is 3.45. The number of carbonyl (C=O) groups excluding carboxylic acids is 1. The van der Waals surface area contributed by atoms with E-state index >= 15 is 0 Å². The molecule has 1 saturated carbocycles. The highest BCUT2D eigenvalue weighted by Crippen LogP contribution is 2.38. The van der Waals surface area contributed by atoms with E-state index in [0.717, 1.165) is 49.8 Å². The van der Waals surface area contributed by atoms with Crippen molar-refractivity contribution in [2.45, 2.75) is 38.5 Å². The molecule has 2 aliphatic rings. The standard InChI is InChI=1S/C22H28N4O2/c1-2-3-16-28-19-8-6-18(7-9-19)22(27)26-14-12-25(13-15-26)21-11-10-20(23-24-21)17-4-5-17/h6-11,17H,2-5,12-16H2,1H3. The molecule has 2 heterocycles. The van der Waals surface area contributed by atoms with Gasteiger partial charge in [0, 0.05) is 37.7 Å². The Labute approximate surface area is 166 Å². The molecule has 1 saturated heterocycles. The van der Waals surface area contributed by atoms with Crippen molar-refractivity contribution in [2.24, 2.45) is 0 Å². The van der Waals surface area contributed by atoms with E-state index in [9.17, 15) is 4.79 Å². The Balaban J connectivity index is 1.29. The smallest absolute Gasteiger partial charge is 0.253 e. The highest BCUT2D eigenvalue weighted by molar-refractivity contribution is 5.94.